The van der Waals surface area contributed by atoms with Crippen molar-refractivity contribution in [3.63, 3.8) is 0 Å². The molecule has 1 unspecified atom stereocenters. The number of halogens is 2. The number of nitrogens with two attached hydrogens (primary N) is 1. The zero-order valence-corrected chi connectivity index (χ0v) is 13.2. The molecule has 0 spiro atoms. The van der Waals surface area contributed by atoms with Crippen molar-refractivity contribution in [3.8, 4) is 0 Å². The van der Waals surface area contributed by atoms with Gasteiger partial charge in [-0.1, -0.05) is 35.0 Å². The number of hydrogen-bond donors (Lipinski definition) is 2. The van der Waals surface area contributed by atoms with Crippen LogP contribution in [0.15, 0.2) is 46.9 Å². The maximum atomic E-state index is 13.4. The molecular weight excluding hydrogens is 335 g/mol. The average Bonchev–Trinajstić information content (AvgIpc) is 2.48. The van der Waals surface area contributed by atoms with E-state index in [0.717, 1.165) is 22.5 Å². The van der Waals surface area contributed by atoms with E-state index in [2.05, 4.69) is 21.2 Å². The van der Waals surface area contributed by atoms with E-state index in [1.807, 2.05) is 31.2 Å². The summed E-state index contributed by atoms with van der Waals surface area (Å²) in [5, 5.41) is 2.90. The Hall–Kier alpha value is -1.88. The third kappa shape index (κ3) is 3.82. The standard InChI is InChI=1S/C16H16BrFN2O/c1-2-15(10-3-6-12(17)7-4-10)20-16(21)11-5-8-14(19)13(18)9-11/h3-9,15H,2,19H2,1H3,(H,20,21). The maximum absolute atomic E-state index is 13.4. The Morgan fingerprint density at radius 2 is 1.95 bits per heavy atom. The van der Waals surface area contributed by atoms with E-state index in [1.54, 1.807) is 0 Å². The molecule has 0 aliphatic heterocycles. The van der Waals surface area contributed by atoms with Gasteiger partial charge in [0.25, 0.3) is 5.91 Å². The van der Waals surface area contributed by atoms with E-state index in [1.165, 1.54) is 12.1 Å². The van der Waals surface area contributed by atoms with Gasteiger partial charge < -0.3 is 11.1 Å². The summed E-state index contributed by atoms with van der Waals surface area (Å²) in [5.41, 5.74) is 6.71. The van der Waals surface area contributed by atoms with E-state index in [0.29, 0.717) is 0 Å². The molecule has 2 aromatic carbocycles. The predicted molar refractivity (Wildman–Crippen MR) is 85.5 cm³/mol. The number of anilines is 1. The van der Waals surface area contributed by atoms with Gasteiger partial charge in [0.2, 0.25) is 0 Å². The van der Waals surface area contributed by atoms with Gasteiger partial charge in [0.15, 0.2) is 0 Å². The quantitative estimate of drug-likeness (QED) is 0.817. The molecule has 0 saturated heterocycles. The van der Waals surface area contributed by atoms with Crippen LogP contribution in [0.3, 0.4) is 0 Å². The molecule has 5 heteroatoms. The van der Waals surface area contributed by atoms with Crippen LogP contribution in [-0.2, 0) is 0 Å². The first-order chi connectivity index (χ1) is 10.0. The Morgan fingerprint density at radius 1 is 1.29 bits per heavy atom. The Morgan fingerprint density at radius 3 is 2.52 bits per heavy atom. The second-order valence-corrected chi connectivity index (χ2v) is 5.64. The van der Waals surface area contributed by atoms with Gasteiger partial charge in [-0.25, -0.2) is 4.39 Å². The highest BCUT2D eigenvalue weighted by atomic mass is 79.9. The number of nitrogen functional groups attached to an aromatic ring is 1. The maximum Gasteiger partial charge on any atom is 0.251 e. The Kier molecular flexibility index (Phi) is 4.96. The lowest BCUT2D eigenvalue weighted by Gasteiger charge is -2.17. The molecule has 0 aromatic heterocycles. The van der Waals surface area contributed by atoms with Gasteiger partial charge in [0.1, 0.15) is 5.82 Å². The summed E-state index contributed by atoms with van der Waals surface area (Å²) < 4.78 is 14.4. The van der Waals surface area contributed by atoms with Gasteiger partial charge >= 0.3 is 0 Å². The van der Waals surface area contributed by atoms with Gasteiger partial charge in [-0.15, -0.1) is 0 Å². The number of benzene rings is 2. The van der Waals surface area contributed by atoms with Crippen molar-refractivity contribution in [2.75, 3.05) is 5.73 Å². The molecule has 0 heterocycles. The molecule has 2 aromatic rings. The summed E-state index contributed by atoms with van der Waals surface area (Å²) in [7, 11) is 0. The Labute approximate surface area is 131 Å². The van der Waals surface area contributed by atoms with Gasteiger partial charge in [0.05, 0.1) is 11.7 Å². The summed E-state index contributed by atoms with van der Waals surface area (Å²) in [6.45, 7) is 1.98. The van der Waals surface area contributed by atoms with E-state index >= 15 is 0 Å². The molecule has 3 nitrogen and oxygen atoms in total. The Balaban J connectivity index is 2.15. The summed E-state index contributed by atoms with van der Waals surface area (Å²) in [4.78, 5) is 12.2. The van der Waals surface area contributed by atoms with Crippen molar-refractivity contribution < 1.29 is 9.18 Å². The van der Waals surface area contributed by atoms with E-state index in [4.69, 9.17) is 5.73 Å². The van der Waals surface area contributed by atoms with E-state index in [-0.39, 0.29) is 23.2 Å². The SMILES string of the molecule is CCC(NC(=O)c1ccc(N)c(F)c1)c1ccc(Br)cc1. The monoisotopic (exact) mass is 350 g/mol. The van der Waals surface area contributed by atoms with Crippen LogP contribution in [0, 0.1) is 5.82 Å². The van der Waals surface area contributed by atoms with Gasteiger partial charge in [-0.05, 0) is 42.3 Å². The summed E-state index contributed by atoms with van der Waals surface area (Å²) in [5.74, 6) is -0.900. The lowest BCUT2D eigenvalue weighted by Crippen LogP contribution is -2.28. The highest BCUT2D eigenvalue weighted by Gasteiger charge is 2.15. The van der Waals surface area contributed by atoms with Crippen LogP contribution in [0.2, 0.25) is 0 Å². The van der Waals surface area contributed by atoms with Crippen LogP contribution >= 0.6 is 15.9 Å². The van der Waals surface area contributed by atoms with E-state index < -0.39 is 5.82 Å². The fourth-order valence-corrected chi connectivity index (χ4v) is 2.29. The minimum absolute atomic E-state index is 0.0338. The highest BCUT2D eigenvalue weighted by molar-refractivity contribution is 9.10. The fraction of sp³-hybridized carbons (Fsp3) is 0.188. The molecule has 3 N–H and O–H groups in total. The van der Waals surface area contributed by atoms with Crippen molar-refractivity contribution in [2.24, 2.45) is 0 Å². The van der Waals surface area contributed by atoms with Crippen molar-refractivity contribution in [3.05, 3.63) is 63.9 Å². The molecule has 21 heavy (non-hydrogen) atoms. The second-order valence-electron chi connectivity index (χ2n) is 4.72. The van der Waals surface area contributed by atoms with Crippen LogP contribution in [-0.4, -0.2) is 5.91 Å². The minimum Gasteiger partial charge on any atom is -0.396 e. The lowest BCUT2D eigenvalue weighted by molar-refractivity contribution is 0.0935. The van der Waals surface area contributed by atoms with Gasteiger partial charge in [-0.3, -0.25) is 4.79 Å². The van der Waals surface area contributed by atoms with Gasteiger partial charge in [0, 0.05) is 10.0 Å². The fourth-order valence-electron chi connectivity index (χ4n) is 2.03. The minimum atomic E-state index is -0.584. The summed E-state index contributed by atoms with van der Waals surface area (Å²) in [6, 6.07) is 11.7. The van der Waals surface area contributed by atoms with Crippen molar-refractivity contribution >= 4 is 27.5 Å². The molecular formula is C16H16BrFN2O. The third-order valence-corrected chi connectivity index (χ3v) is 3.78. The number of nitrogens with one attached hydrogen (secondary N) is 1. The van der Waals surface area contributed by atoms with Crippen LogP contribution < -0.4 is 11.1 Å². The van der Waals surface area contributed by atoms with Crippen molar-refractivity contribution in [1.29, 1.82) is 0 Å². The molecule has 0 aliphatic carbocycles. The lowest BCUT2D eigenvalue weighted by atomic mass is 10.0. The smallest absolute Gasteiger partial charge is 0.251 e. The molecule has 0 aliphatic rings. The predicted octanol–water partition coefficient (Wildman–Crippen LogP) is 4.05. The molecule has 0 fully saturated rings. The number of carbonyl (C=O) groups excluding carboxylic acids is 1. The zero-order chi connectivity index (χ0) is 15.4. The zero-order valence-electron chi connectivity index (χ0n) is 11.6. The van der Waals surface area contributed by atoms with Gasteiger partial charge in [-0.2, -0.15) is 0 Å². The van der Waals surface area contributed by atoms with E-state index in [9.17, 15) is 9.18 Å². The van der Waals surface area contributed by atoms with Crippen LogP contribution in [0.25, 0.3) is 0 Å². The second kappa shape index (κ2) is 6.72. The average molecular weight is 351 g/mol. The summed E-state index contributed by atoms with van der Waals surface area (Å²) >= 11 is 3.38. The molecule has 0 bridgehead atoms. The number of carbonyl (C=O) groups is 1. The first-order valence-electron chi connectivity index (χ1n) is 6.62. The molecule has 110 valence electrons. The molecule has 1 amide bonds. The topological polar surface area (TPSA) is 55.1 Å². The van der Waals surface area contributed by atoms with Crippen molar-refractivity contribution in [2.45, 2.75) is 19.4 Å². The van der Waals surface area contributed by atoms with Crippen LogP contribution in [0.5, 0.6) is 0 Å². The first kappa shape index (κ1) is 15.5. The molecule has 1 atom stereocenters. The largest absolute Gasteiger partial charge is 0.396 e. The highest BCUT2D eigenvalue weighted by Crippen LogP contribution is 2.20. The summed E-state index contributed by atoms with van der Waals surface area (Å²) in [6.07, 6.45) is 0.741. The number of rotatable bonds is 4. The van der Waals surface area contributed by atoms with Crippen LogP contribution in [0.1, 0.15) is 35.3 Å². The first-order valence-corrected chi connectivity index (χ1v) is 7.42. The molecule has 0 radical (unpaired) electrons. The normalized spacial score (nSPS) is 12.0. The Bertz CT molecular complexity index is 643. The van der Waals surface area contributed by atoms with Crippen LogP contribution in [0.4, 0.5) is 10.1 Å². The number of hydrogen-bond acceptors (Lipinski definition) is 2. The molecule has 0 saturated carbocycles. The third-order valence-electron chi connectivity index (χ3n) is 3.25. The molecule has 2 rings (SSSR count). The number of amides is 1. The van der Waals surface area contributed by atoms with Crippen molar-refractivity contribution in [1.82, 2.24) is 5.32 Å².